The maximum atomic E-state index is 13.8. The first-order chi connectivity index (χ1) is 13.2. The summed E-state index contributed by atoms with van der Waals surface area (Å²) in [6, 6.07) is 8.56. The van der Waals surface area contributed by atoms with Gasteiger partial charge in [-0.2, -0.15) is 5.10 Å². The average Bonchev–Trinajstić information content (AvgIpc) is 3.42. The summed E-state index contributed by atoms with van der Waals surface area (Å²) in [5.74, 6) is 1.65. The fourth-order valence-corrected chi connectivity index (χ4v) is 2.94. The van der Waals surface area contributed by atoms with Crippen molar-refractivity contribution in [1.82, 2.24) is 19.7 Å². The van der Waals surface area contributed by atoms with Crippen LogP contribution in [0.15, 0.2) is 42.7 Å². The van der Waals surface area contributed by atoms with Crippen LogP contribution < -0.4 is 5.32 Å². The van der Waals surface area contributed by atoms with Crippen LogP contribution in [0, 0.1) is 5.82 Å². The van der Waals surface area contributed by atoms with E-state index in [2.05, 4.69) is 20.4 Å². The number of rotatable bonds is 8. The quantitative estimate of drug-likeness (QED) is 0.484. The third-order valence-corrected chi connectivity index (χ3v) is 4.54. The van der Waals surface area contributed by atoms with E-state index >= 15 is 0 Å². The molecule has 0 aliphatic heterocycles. The van der Waals surface area contributed by atoms with Crippen LogP contribution in [-0.4, -0.2) is 33.1 Å². The van der Waals surface area contributed by atoms with Crippen LogP contribution in [0.3, 0.4) is 0 Å². The van der Waals surface area contributed by atoms with Crippen LogP contribution in [0.1, 0.15) is 36.8 Å². The first kappa shape index (κ1) is 17.6. The van der Waals surface area contributed by atoms with E-state index in [9.17, 15) is 4.39 Å². The van der Waals surface area contributed by atoms with Gasteiger partial charge in [0.05, 0.1) is 6.54 Å². The normalized spacial score (nSPS) is 13.7. The summed E-state index contributed by atoms with van der Waals surface area (Å²) < 4.78 is 20.9. The Hall–Kier alpha value is -2.80. The number of hydrogen-bond donors (Lipinski definition) is 1. The van der Waals surface area contributed by atoms with Crippen molar-refractivity contribution in [2.75, 3.05) is 18.7 Å². The highest BCUT2D eigenvalue weighted by atomic mass is 19.1. The molecule has 140 valence electrons. The molecule has 1 aliphatic carbocycles. The van der Waals surface area contributed by atoms with Crippen molar-refractivity contribution in [3.8, 4) is 11.5 Å². The van der Waals surface area contributed by atoms with Crippen LogP contribution in [-0.2, 0) is 11.3 Å². The number of nitrogens with one attached hydrogen (secondary N) is 1. The van der Waals surface area contributed by atoms with E-state index in [0.717, 1.165) is 11.4 Å². The van der Waals surface area contributed by atoms with Gasteiger partial charge in [0.25, 0.3) is 0 Å². The molecule has 2 aromatic heterocycles. The minimum Gasteiger partial charge on any atom is -0.362 e. The Bertz CT molecular complexity index is 922. The second-order valence-electron chi connectivity index (χ2n) is 6.58. The summed E-state index contributed by atoms with van der Waals surface area (Å²) >= 11 is 0. The average molecular weight is 367 g/mol. The Balaban J connectivity index is 1.55. The topological polar surface area (TPSA) is 64.9 Å². The third-order valence-electron chi connectivity index (χ3n) is 4.54. The zero-order valence-corrected chi connectivity index (χ0v) is 15.2. The lowest BCUT2D eigenvalue weighted by Gasteiger charge is -2.11. The van der Waals surface area contributed by atoms with E-state index in [1.54, 1.807) is 16.8 Å². The number of aromatic nitrogens is 4. The van der Waals surface area contributed by atoms with Crippen LogP contribution in [0.5, 0.6) is 0 Å². The number of halogens is 1. The lowest BCUT2D eigenvalue weighted by atomic mass is 10.2. The maximum Gasteiger partial charge on any atom is 0.182 e. The molecule has 1 saturated carbocycles. The summed E-state index contributed by atoms with van der Waals surface area (Å²) in [7, 11) is 0. The number of benzene rings is 1. The maximum absolute atomic E-state index is 13.8. The van der Waals surface area contributed by atoms with Gasteiger partial charge in [0.15, 0.2) is 5.82 Å². The smallest absolute Gasteiger partial charge is 0.182 e. The van der Waals surface area contributed by atoms with Gasteiger partial charge in [-0.1, -0.05) is 18.2 Å². The van der Waals surface area contributed by atoms with E-state index in [-0.39, 0.29) is 5.82 Å². The molecule has 6 nitrogen and oxygen atoms in total. The molecule has 0 spiro atoms. The first-order valence-corrected chi connectivity index (χ1v) is 9.20. The van der Waals surface area contributed by atoms with Gasteiger partial charge in [-0.15, -0.1) is 0 Å². The summed E-state index contributed by atoms with van der Waals surface area (Å²) in [5, 5.41) is 7.75. The number of hydrogen-bond acceptors (Lipinski definition) is 5. The predicted octanol–water partition coefficient (Wildman–Crippen LogP) is 3.81. The van der Waals surface area contributed by atoms with E-state index < -0.39 is 0 Å². The molecule has 3 aromatic rings. The second-order valence-corrected chi connectivity index (χ2v) is 6.58. The summed E-state index contributed by atoms with van der Waals surface area (Å²) in [5.41, 5.74) is 2.38. The molecule has 4 rings (SSSR count). The fraction of sp³-hybridized carbons (Fsp3) is 0.350. The fourth-order valence-electron chi connectivity index (χ4n) is 2.94. The largest absolute Gasteiger partial charge is 0.362 e. The molecular formula is C20H22FN5O. The number of nitrogens with zero attached hydrogens (tertiary/aromatic N) is 4. The highest BCUT2D eigenvalue weighted by Gasteiger charge is 2.27. The molecule has 2 heterocycles. The van der Waals surface area contributed by atoms with Gasteiger partial charge in [0.2, 0.25) is 0 Å². The van der Waals surface area contributed by atoms with Crippen molar-refractivity contribution in [3.05, 3.63) is 59.7 Å². The Morgan fingerprint density at radius 2 is 2.11 bits per heavy atom. The molecule has 27 heavy (non-hydrogen) atoms. The minimum atomic E-state index is -0.234. The molecule has 1 aliphatic rings. The van der Waals surface area contributed by atoms with Gasteiger partial charge in [-0.3, -0.25) is 4.68 Å². The Morgan fingerprint density at radius 3 is 2.89 bits per heavy atom. The Kier molecular flexibility index (Phi) is 5.11. The summed E-state index contributed by atoms with van der Waals surface area (Å²) in [6.07, 6.45) is 6.03. The number of anilines is 1. The first-order valence-electron chi connectivity index (χ1n) is 9.20. The van der Waals surface area contributed by atoms with Crippen molar-refractivity contribution in [2.45, 2.75) is 32.2 Å². The highest BCUT2D eigenvalue weighted by molar-refractivity contribution is 5.55. The molecule has 0 saturated heterocycles. The van der Waals surface area contributed by atoms with Gasteiger partial charge in [0, 0.05) is 30.1 Å². The molecule has 0 bridgehead atoms. The highest BCUT2D eigenvalue weighted by Crippen LogP contribution is 2.42. The lowest BCUT2D eigenvalue weighted by molar-refractivity contribution is 0.166. The molecular weight excluding hydrogens is 345 g/mol. The van der Waals surface area contributed by atoms with Crippen LogP contribution in [0.25, 0.3) is 11.5 Å². The predicted molar refractivity (Wildman–Crippen MR) is 101 cm³/mol. The minimum absolute atomic E-state index is 0.234. The van der Waals surface area contributed by atoms with Crippen molar-refractivity contribution >= 4 is 5.82 Å². The van der Waals surface area contributed by atoms with Crippen molar-refractivity contribution in [1.29, 1.82) is 0 Å². The third kappa shape index (κ3) is 4.14. The summed E-state index contributed by atoms with van der Waals surface area (Å²) in [4.78, 5) is 9.16. The van der Waals surface area contributed by atoms with E-state index in [1.165, 1.54) is 18.9 Å². The van der Waals surface area contributed by atoms with Gasteiger partial charge in [-0.25, -0.2) is 14.4 Å². The zero-order valence-electron chi connectivity index (χ0n) is 15.2. The molecule has 1 aromatic carbocycles. The summed E-state index contributed by atoms with van der Waals surface area (Å²) in [6.45, 7) is 3.37. The van der Waals surface area contributed by atoms with Crippen LogP contribution in [0.2, 0.25) is 0 Å². The van der Waals surface area contributed by atoms with Crippen molar-refractivity contribution in [3.63, 3.8) is 0 Å². The van der Waals surface area contributed by atoms with E-state index in [0.29, 0.717) is 42.9 Å². The monoisotopic (exact) mass is 367 g/mol. The van der Waals surface area contributed by atoms with Gasteiger partial charge < -0.3 is 10.1 Å². The standard InChI is InChI=1S/C20H22FN5O/c1-2-27-13-23-19-16(14-7-8-14)11-22-20(24-19)18-9-10-26(25-18)12-15-5-3-4-6-17(15)21/h3-6,9-11,14H,2,7-8,12-13H2,1H3,(H,22,23,24). The molecule has 1 fully saturated rings. The van der Waals surface area contributed by atoms with Crippen LogP contribution >= 0.6 is 0 Å². The second kappa shape index (κ2) is 7.84. The van der Waals surface area contributed by atoms with Crippen LogP contribution in [0.4, 0.5) is 10.2 Å². The molecule has 0 amide bonds. The van der Waals surface area contributed by atoms with Crippen molar-refractivity contribution in [2.24, 2.45) is 0 Å². The van der Waals surface area contributed by atoms with Crippen molar-refractivity contribution < 1.29 is 9.13 Å². The number of ether oxygens (including phenoxy) is 1. The molecule has 7 heteroatoms. The lowest BCUT2D eigenvalue weighted by Crippen LogP contribution is -2.10. The van der Waals surface area contributed by atoms with E-state index in [4.69, 9.17) is 4.74 Å². The van der Waals surface area contributed by atoms with Gasteiger partial charge in [-0.05, 0) is 37.8 Å². The SMILES string of the molecule is CCOCNc1nc(-c2ccn(Cc3ccccc3F)n2)ncc1C1CC1. The molecule has 1 N–H and O–H groups in total. The molecule has 0 radical (unpaired) electrons. The van der Waals surface area contributed by atoms with E-state index in [1.807, 2.05) is 31.5 Å². The zero-order chi connectivity index (χ0) is 18.6. The van der Waals surface area contributed by atoms with Gasteiger partial charge in [0.1, 0.15) is 24.1 Å². The van der Waals surface area contributed by atoms with Gasteiger partial charge >= 0.3 is 0 Å². The molecule has 0 unspecified atom stereocenters. The Morgan fingerprint density at radius 1 is 1.26 bits per heavy atom. The molecule has 0 atom stereocenters. The Labute approximate surface area is 157 Å².